The summed E-state index contributed by atoms with van der Waals surface area (Å²) < 4.78 is 41.8. The molecule has 1 nitrogen and oxygen atoms in total. The van der Waals surface area contributed by atoms with Gasteiger partial charge in [0.05, 0.1) is 6.10 Å². The van der Waals surface area contributed by atoms with Gasteiger partial charge in [-0.05, 0) is 18.8 Å². The molecule has 0 amide bonds. The Balaban J connectivity index is 0.00000225. The molecule has 0 heterocycles. The Morgan fingerprint density at radius 1 is 1.31 bits per heavy atom. The van der Waals surface area contributed by atoms with Crippen molar-refractivity contribution in [3.05, 3.63) is 12.1 Å². The van der Waals surface area contributed by atoms with E-state index in [9.17, 15) is 12.9 Å². The maximum Gasteiger partial charge on any atom is 1.00 e. The Labute approximate surface area is 138 Å². The Bertz CT molecular complexity index is 233. The molecule has 0 bridgehead atoms. The molecule has 0 aromatic carbocycles. The zero-order chi connectivity index (χ0) is 11.5. The molecule has 88 valence electrons. The average molecular weight is 260 g/mol. The number of hydrogen-bond donors (Lipinski definition) is 0. The molecule has 0 radical (unpaired) electrons. The summed E-state index contributed by atoms with van der Waals surface area (Å²) in [6.45, 7) is -0.252. The zero-order valence-electron chi connectivity index (χ0n) is 10.0. The molecule has 1 fully saturated rings. The minimum atomic E-state index is -4.94. The second-order valence-corrected chi connectivity index (χ2v) is 4.34. The third-order valence-electron chi connectivity index (χ3n) is 2.98. The molecule has 0 aromatic heterocycles. The number of halogens is 3. The molecule has 1 aliphatic carbocycles. The molecule has 2 atom stereocenters. The quantitative estimate of drug-likeness (QED) is 0.670. The van der Waals surface area contributed by atoms with Crippen LogP contribution < -0.4 is 51.4 Å². The van der Waals surface area contributed by atoms with Gasteiger partial charge in [-0.3, -0.25) is 0 Å². The van der Waals surface area contributed by atoms with Gasteiger partial charge in [0, 0.05) is 6.61 Å². The third kappa shape index (κ3) is 5.69. The van der Waals surface area contributed by atoms with Crippen LogP contribution in [-0.2, 0) is 4.74 Å². The normalized spacial score (nSPS) is 26.0. The third-order valence-corrected chi connectivity index (χ3v) is 2.98. The number of ether oxygens (including phenoxy) is 1. The van der Waals surface area contributed by atoms with Gasteiger partial charge in [0.2, 0.25) is 0 Å². The van der Waals surface area contributed by atoms with Crippen molar-refractivity contribution in [2.45, 2.75) is 38.7 Å². The SMILES string of the molecule is C=C(COC1CCCCC1C)[B-](F)(F)F.[K+]. The Hall–Kier alpha value is 1.19. The van der Waals surface area contributed by atoms with Crippen LogP contribution >= 0.6 is 0 Å². The van der Waals surface area contributed by atoms with E-state index < -0.39 is 12.4 Å². The zero-order valence-corrected chi connectivity index (χ0v) is 13.1. The van der Waals surface area contributed by atoms with Gasteiger partial charge in [-0.25, -0.2) is 0 Å². The molecule has 0 spiro atoms. The van der Waals surface area contributed by atoms with Crippen LogP contribution in [0.25, 0.3) is 0 Å². The fourth-order valence-electron chi connectivity index (χ4n) is 1.84. The van der Waals surface area contributed by atoms with Crippen LogP contribution in [0, 0.1) is 5.92 Å². The minimum absolute atomic E-state index is 0. The van der Waals surface area contributed by atoms with Crippen LogP contribution in [0.5, 0.6) is 0 Å². The monoisotopic (exact) mass is 260 g/mol. The predicted octanol–water partition coefficient (Wildman–Crippen LogP) is 0.528. The first-order chi connectivity index (χ1) is 6.91. The van der Waals surface area contributed by atoms with Crippen LogP contribution in [0.4, 0.5) is 12.9 Å². The van der Waals surface area contributed by atoms with Crippen LogP contribution in [-0.4, -0.2) is 19.7 Å². The number of hydrogen-bond acceptors (Lipinski definition) is 1. The smallest absolute Gasteiger partial charge is 0.445 e. The van der Waals surface area contributed by atoms with E-state index in [0.29, 0.717) is 5.92 Å². The topological polar surface area (TPSA) is 9.23 Å². The Morgan fingerprint density at radius 2 is 1.88 bits per heavy atom. The van der Waals surface area contributed by atoms with E-state index in [1.807, 2.05) is 6.92 Å². The standard InChI is InChI=1S/C10H17BF3O.K/c1-8-5-3-4-6-10(8)15-7-9(2)11(12,13)14;/h8,10H,2-7H2,1H3;/q-1;+1. The minimum Gasteiger partial charge on any atom is -0.445 e. The fraction of sp³-hybridized carbons (Fsp3) is 0.800. The van der Waals surface area contributed by atoms with Crippen LogP contribution in [0.3, 0.4) is 0 Å². The molecule has 6 heteroatoms. The van der Waals surface area contributed by atoms with E-state index in [0.717, 1.165) is 25.7 Å². The van der Waals surface area contributed by atoms with Gasteiger partial charge in [0.25, 0.3) is 0 Å². The molecule has 0 N–H and O–H groups in total. The molecule has 2 unspecified atom stereocenters. The molecule has 0 saturated heterocycles. The van der Waals surface area contributed by atoms with Gasteiger partial charge in [0.1, 0.15) is 0 Å². The summed E-state index contributed by atoms with van der Waals surface area (Å²) in [6.07, 6.45) is 4.12. The summed E-state index contributed by atoms with van der Waals surface area (Å²) in [6, 6.07) is 0. The molecular weight excluding hydrogens is 243 g/mol. The first kappa shape index (κ1) is 17.2. The molecular formula is C10H17BF3KO. The van der Waals surface area contributed by atoms with Crippen molar-refractivity contribution in [3.8, 4) is 0 Å². The van der Waals surface area contributed by atoms with Crippen molar-refractivity contribution in [2.24, 2.45) is 5.92 Å². The summed E-state index contributed by atoms with van der Waals surface area (Å²) in [5.41, 5.74) is -0.729. The first-order valence-electron chi connectivity index (χ1n) is 5.40. The molecule has 16 heavy (non-hydrogen) atoms. The van der Waals surface area contributed by atoms with Gasteiger partial charge in [0.15, 0.2) is 0 Å². The van der Waals surface area contributed by atoms with Gasteiger partial charge in [-0.15, -0.1) is 12.1 Å². The van der Waals surface area contributed by atoms with Crippen molar-refractivity contribution in [1.29, 1.82) is 0 Å². The Morgan fingerprint density at radius 3 is 2.38 bits per heavy atom. The van der Waals surface area contributed by atoms with Crippen molar-refractivity contribution >= 4 is 6.98 Å². The Kier molecular flexibility index (Phi) is 8.15. The van der Waals surface area contributed by atoms with E-state index in [4.69, 9.17) is 4.74 Å². The summed E-state index contributed by atoms with van der Waals surface area (Å²) in [5, 5.41) is 0. The molecule has 0 aliphatic heterocycles. The summed E-state index contributed by atoms with van der Waals surface area (Å²) in [4.78, 5) is 0. The molecule has 0 aromatic rings. The maximum atomic E-state index is 12.2. The second-order valence-electron chi connectivity index (χ2n) is 4.34. The second kappa shape index (κ2) is 7.59. The molecule has 1 aliphatic rings. The van der Waals surface area contributed by atoms with Gasteiger partial charge in [-0.1, -0.05) is 19.8 Å². The summed E-state index contributed by atoms with van der Waals surface area (Å²) in [7, 11) is 0. The maximum absolute atomic E-state index is 12.2. The van der Waals surface area contributed by atoms with Crippen LogP contribution in [0.15, 0.2) is 12.1 Å². The van der Waals surface area contributed by atoms with Gasteiger partial charge >= 0.3 is 58.4 Å². The van der Waals surface area contributed by atoms with Crippen molar-refractivity contribution < 1.29 is 69.1 Å². The largest absolute Gasteiger partial charge is 1.00 e. The predicted molar refractivity (Wildman–Crippen MR) is 55.6 cm³/mol. The van der Waals surface area contributed by atoms with Gasteiger partial charge in [-0.2, -0.15) is 0 Å². The van der Waals surface area contributed by atoms with Gasteiger partial charge < -0.3 is 17.7 Å². The van der Waals surface area contributed by atoms with Crippen LogP contribution in [0.1, 0.15) is 32.6 Å². The number of rotatable bonds is 4. The van der Waals surface area contributed by atoms with Crippen LogP contribution in [0.2, 0.25) is 0 Å². The van der Waals surface area contributed by atoms with Crippen molar-refractivity contribution in [3.63, 3.8) is 0 Å². The summed E-state index contributed by atoms with van der Waals surface area (Å²) >= 11 is 0. The first-order valence-corrected chi connectivity index (χ1v) is 5.40. The van der Waals surface area contributed by atoms with E-state index in [1.54, 1.807) is 0 Å². The van der Waals surface area contributed by atoms with E-state index in [1.165, 1.54) is 0 Å². The van der Waals surface area contributed by atoms with E-state index >= 15 is 0 Å². The molecule has 1 rings (SSSR count). The van der Waals surface area contributed by atoms with Crippen molar-refractivity contribution in [2.75, 3.05) is 6.61 Å². The molecule has 1 saturated carbocycles. The average Bonchev–Trinajstić information content (AvgIpc) is 2.14. The van der Waals surface area contributed by atoms with Crippen molar-refractivity contribution in [1.82, 2.24) is 0 Å². The van der Waals surface area contributed by atoms with E-state index in [-0.39, 0.29) is 64.1 Å². The summed E-state index contributed by atoms with van der Waals surface area (Å²) in [5.74, 6) is 0.368. The van der Waals surface area contributed by atoms with E-state index in [2.05, 4.69) is 6.58 Å². The fourth-order valence-corrected chi connectivity index (χ4v) is 1.84.